The lowest BCUT2D eigenvalue weighted by molar-refractivity contribution is -0.120. The first kappa shape index (κ1) is 17.5. The second kappa shape index (κ2) is 7.39. The van der Waals surface area contributed by atoms with E-state index in [0.29, 0.717) is 24.4 Å². The molecule has 0 aromatic heterocycles. The number of benzene rings is 2. The predicted octanol–water partition coefficient (Wildman–Crippen LogP) is 3.31. The van der Waals surface area contributed by atoms with Crippen molar-refractivity contribution >= 4 is 23.2 Å². The highest BCUT2D eigenvalue weighted by Crippen LogP contribution is 2.30. The lowest BCUT2D eigenvalue weighted by Crippen LogP contribution is -2.39. The molecule has 0 radical (unpaired) electrons. The second-order valence-electron chi connectivity index (χ2n) is 6.83. The Kier molecular flexibility index (Phi) is 4.79. The Morgan fingerprint density at radius 2 is 1.81 bits per heavy atom. The summed E-state index contributed by atoms with van der Waals surface area (Å²) in [4.78, 5) is 27.6. The van der Waals surface area contributed by atoms with Crippen LogP contribution in [0.4, 0.5) is 15.8 Å². The molecule has 0 unspecified atom stereocenters. The maximum atomic E-state index is 14.2. The first-order chi connectivity index (χ1) is 13.1. The van der Waals surface area contributed by atoms with Crippen molar-refractivity contribution in [1.82, 2.24) is 0 Å². The average Bonchev–Trinajstić information content (AvgIpc) is 3.12. The molecular formula is C21H21FN2O3. The number of ether oxygens (including phenoxy) is 1. The van der Waals surface area contributed by atoms with Gasteiger partial charge in [0.1, 0.15) is 11.6 Å². The molecule has 0 bridgehead atoms. The highest BCUT2D eigenvalue weighted by Gasteiger charge is 2.26. The number of amides is 2. The number of anilines is 2. The van der Waals surface area contributed by atoms with Crippen molar-refractivity contribution < 1.29 is 18.7 Å². The van der Waals surface area contributed by atoms with Gasteiger partial charge in [0, 0.05) is 25.2 Å². The Morgan fingerprint density at radius 3 is 2.56 bits per heavy atom. The molecule has 2 aromatic rings. The van der Waals surface area contributed by atoms with E-state index < -0.39 is 0 Å². The van der Waals surface area contributed by atoms with Gasteiger partial charge < -0.3 is 14.5 Å². The van der Waals surface area contributed by atoms with Gasteiger partial charge in [-0.1, -0.05) is 12.1 Å². The minimum atomic E-state index is -0.375. The van der Waals surface area contributed by atoms with Gasteiger partial charge in [0.2, 0.25) is 5.91 Å². The van der Waals surface area contributed by atoms with Gasteiger partial charge in [-0.2, -0.15) is 0 Å². The fourth-order valence-corrected chi connectivity index (χ4v) is 3.72. The molecule has 4 rings (SSSR count). The summed E-state index contributed by atoms with van der Waals surface area (Å²) < 4.78 is 19.8. The van der Waals surface area contributed by atoms with Gasteiger partial charge >= 0.3 is 0 Å². The van der Waals surface area contributed by atoms with Gasteiger partial charge in [0.05, 0.1) is 5.69 Å². The third kappa shape index (κ3) is 3.52. The highest BCUT2D eigenvalue weighted by molar-refractivity contribution is 5.96. The van der Waals surface area contributed by atoms with Gasteiger partial charge in [-0.3, -0.25) is 9.59 Å². The number of nitrogens with zero attached hydrogens (tertiary/aromatic N) is 2. The maximum Gasteiger partial charge on any atom is 0.265 e. The van der Waals surface area contributed by atoms with Crippen LogP contribution in [0.2, 0.25) is 0 Å². The highest BCUT2D eigenvalue weighted by atomic mass is 19.1. The minimum Gasteiger partial charge on any atom is -0.484 e. The Morgan fingerprint density at radius 1 is 1.04 bits per heavy atom. The first-order valence-electron chi connectivity index (χ1n) is 9.24. The Bertz CT molecular complexity index is 866. The van der Waals surface area contributed by atoms with Crippen molar-refractivity contribution in [3.63, 3.8) is 0 Å². The standard InChI is InChI=1S/C21H21FN2O3/c22-18-6-1-4-15-5-2-13-24(21(15)18)20(26)14-27-17-10-8-16(9-11-17)23-12-3-7-19(23)25/h1,4,6,8-11H,2-3,5,7,12-14H2. The summed E-state index contributed by atoms with van der Waals surface area (Å²) in [6.45, 7) is 1.07. The number of aryl methyl sites for hydroxylation is 1. The smallest absolute Gasteiger partial charge is 0.265 e. The van der Waals surface area contributed by atoms with Crippen molar-refractivity contribution in [2.45, 2.75) is 25.7 Å². The molecular weight excluding hydrogens is 347 g/mol. The van der Waals surface area contributed by atoms with E-state index in [2.05, 4.69) is 0 Å². The van der Waals surface area contributed by atoms with Crippen LogP contribution in [0.5, 0.6) is 5.75 Å². The summed E-state index contributed by atoms with van der Waals surface area (Å²) in [6, 6.07) is 12.0. The molecule has 2 aliphatic rings. The van der Waals surface area contributed by atoms with E-state index >= 15 is 0 Å². The lowest BCUT2D eigenvalue weighted by atomic mass is 10.0. The summed E-state index contributed by atoms with van der Waals surface area (Å²) in [6.07, 6.45) is 3.04. The van der Waals surface area contributed by atoms with Crippen LogP contribution in [0.1, 0.15) is 24.8 Å². The van der Waals surface area contributed by atoms with Crippen molar-refractivity contribution in [3.05, 3.63) is 53.8 Å². The number of hydrogen-bond acceptors (Lipinski definition) is 3. The summed E-state index contributed by atoms with van der Waals surface area (Å²) in [7, 11) is 0. The zero-order chi connectivity index (χ0) is 18.8. The van der Waals surface area contributed by atoms with Crippen LogP contribution in [-0.2, 0) is 16.0 Å². The first-order valence-corrected chi connectivity index (χ1v) is 9.24. The second-order valence-corrected chi connectivity index (χ2v) is 6.83. The van der Waals surface area contributed by atoms with Gasteiger partial charge in [0.15, 0.2) is 6.61 Å². The molecule has 0 N–H and O–H groups in total. The van der Waals surface area contributed by atoms with Crippen molar-refractivity contribution in [2.75, 3.05) is 29.5 Å². The van der Waals surface area contributed by atoms with Crippen molar-refractivity contribution in [2.24, 2.45) is 0 Å². The molecule has 0 spiro atoms. The number of carbonyl (C=O) groups is 2. The lowest BCUT2D eigenvalue weighted by Gasteiger charge is -2.29. The van der Waals surface area contributed by atoms with Crippen LogP contribution in [0.15, 0.2) is 42.5 Å². The predicted molar refractivity (Wildman–Crippen MR) is 101 cm³/mol. The number of rotatable bonds is 4. The van der Waals surface area contributed by atoms with Crippen LogP contribution >= 0.6 is 0 Å². The number of para-hydroxylation sites is 1. The van der Waals surface area contributed by atoms with Crippen LogP contribution in [-0.4, -0.2) is 31.5 Å². The molecule has 1 saturated heterocycles. The molecule has 2 heterocycles. The molecule has 1 fully saturated rings. The van der Waals surface area contributed by atoms with Gasteiger partial charge in [0.25, 0.3) is 5.91 Å². The number of hydrogen-bond donors (Lipinski definition) is 0. The Hall–Kier alpha value is -2.89. The zero-order valence-electron chi connectivity index (χ0n) is 15.0. The molecule has 2 amide bonds. The maximum absolute atomic E-state index is 14.2. The third-order valence-electron chi connectivity index (χ3n) is 5.05. The molecule has 5 nitrogen and oxygen atoms in total. The van der Waals surface area contributed by atoms with E-state index in [4.69, 9.17) is 4.74 Å². The molecule has 0 aliphatic carbocycles. The fraction of sp³-hybridized carbons (Fsp3) is 0.333. The van der Waals surface area contributed by atoms with E-state index in [-0.39, 0.29) is 24.2 Å². The molecule has 0 saturated carbocycles. The van der Waals surface area contributed by atoms with E-state index in [9.17, 15) is 14.0 Å². The van der Waals surface area contributed by atoms with E-state index in [1.54, 1.807) is 23.1 Å². The molecule has 2 aromatic carbocycles. The topological polar surface area (TPSA) is 49.9 Å². The summed E-state index contributed by atoms with van der Waals surface area (Å²) >= 11 is 0. The SMILES string of the molecule is O=C1CCCN1c1ccc(OCC(=O)N2CCCc3cccc(F)c32)cc1. The van der Waals surface area contributed by atoms with Crippen molar-refractivity contribution in [1.29, 1.82) is 0 Å². The van der Waals surface area contributed by atoms with E-state index in [1.807, 2.05) is 18.2 Å². The summed E-state index contributed by atoms with van der Waals surface area (Å²) in [5.41, 5.74) is 2.07. The van der Waals surface area contributed by atoms with Crippen LogP contribution in [0.25, 0.3) is 0 Å². The molecule has 140 valence electrons. The van der Waals surface area contributed by atoms with Gasteiger partial charge in [-0.15, -0.1) is 0 Å². The van der Waals surface area contributed by atoms with Gasteiger partial charge in [-0.05, 0) is 55.2 Å². The number of carbonyl (C=O) groups excluding carboxylic acids is 2. The quantitative estimate of drug-likeness (QED) is 0.832. The molecule has 27 heavy (non-hydrogen) atoms. The normalized spacial score (nSPS) is 16.4. The minimum absolute atomic E-state index is 0.129. The van der Waals surface area contributed by atoms with Crippen LogP contribution in [0.3, 0.4) is 0 Å². The Labute approximate surface area is 157 Å². The molecule has 2 aliphatic heterocycles. The van der Waals surface area contributed by atoms with Crippen molar-refractivity contribution in [3.8, 4) is 5.75 Å². The summed E-state index contributed by atoms with van der Waals surface area (Å²) in [5.74, 6) is 0.0363. The third-order valence-corrected chi connectivity index (χ3v) is 5.05. The van der Waals surface area contributed by atoms with Gasteiger partial charge in [-0.25, -0.2) is 4.39 Å². The monoisotopic (exact) mass is 368 g/mol. The van der Waals surface area contributed by atoms with E-state index in [0.717, 1.165) is 37.1 Å². The zero-order valence-corrected chi connectivity index (χ0v) is 15.0. The molecule has 0 atom stereocenters. The van der Waals surface area contributed by atoms with E-state index in [1.165, 1.54) is 11.0 Å². The fourth-order valence-electron chi connectivity index (χ4n) is 3.72. The Balaban J connectivity index is 1.41. The largest absolute Gasteiger partial charge is 0.484 e. The number of halogens is 1. The molecule has 6 heteroatoms. The van der Waals surface area contributed by atoms with Crippen LogP contribution in [0, 0.1) is 5.82 Å². The number of fused-ring (bicyclic) bond motifs is 1. The van der Waals surface area contributed by atoms with Crippen LogP contribution < -0.4 is 14.5 Å². The average molecular weight is 368 g/mol. The summed E-state index contributed by atoms with van der Waals surface area (Å²) in [5, 5.41) is 0.